The highest BCUT2D eigenvalue weighted by Crippen LogP contribution is 2.12. The van der Waals surface area contributed by atoms with Gasteiger partial charge in [-0.25, -0.2) is 0 Å². The summed E-state index contributed by atoms with van der Waals surface area (Å²) in [6.45, 7) is 5.67. The topological polar surface area (TPSA) is 45.5 Å². The maximum absolute atomic E-state index is 8.60. The van der Waals surface area contributed by atoms with Crippen LogP contribution in [0.1, 0.15) is 23.6 Å². The van der Waals surface area contributed by atoms with Crippen LogP contribution in [0.3, 0.4) is 0 Å². The molecule has 0 amide bonds. The zero-order valence-corrected chi connectivity index (χ0v) is 7.50. The van der Waals surface area contributed by atoms with Crippen LogP contribution >= 0.6 is 0 Å². The van der Waals surface area contributed by atoms with Gasteiger partial charge in [0.15, 0.2) is 0 Å². The Hall–Kier alpha value is -1.38. The van der Waals surface area contributed by atoms with Gasteiger partial charge in [0.05, 0.1) is 5.71 Å². The lowest BCUT2D eigenvalue weighted by Crippen LogP contribution is -2.01. The van der Waals surface area contributed by atoms with Crippen molar-refractivity contribution in [2.45, 2.75) is 20.8 Å². The summed E-state index contributed by atoms with van der Waals surface area (Å²) in [6.07, 6.45) is 3.52. The molecule has 1 N–H and O–H groups in total. The van der Waals surface area contributed by atoms with Crippen LogP contribution in [0, 0.1) is 13.8 Å². The molecule has 1 heterocycles. The van der Waals surface area contributed by atoms with Gasteiger partial charge in [-0.3, -0.25) is 4.98 Å². The Labute approximate surface area is 71.8 Å². The molecule has 0 aliphatic carbocycles. The van der Waals surface area contributed by atoms with Crippen molar-refractivity contribution in [3.63, 3.8) is 0 Å². The minimum Gasteiger partial charge on any atom is -0.411 e. The van der Waals surface area contributed by atoms with Crippen LogP contribution in [-0.2, 0) is 0 Å². The van der Waals surface area contributed by atoms with Crippen LogP contribution in [0.4, 0.5) is 0 Å². The van der Waals surface area contributed by atoms with Crippen LogP contribution in [0.15, 0.2) is 17.5 Å². The Bertz CT molecular complexity index is 298. The molecule has 1 aromatic heterocycles. The lowest BCUT2D eigenvalue weighted by Gasteiger charge is -2.05. The average molecular weight is 164 g/mol. The highest BCUT2D eigenvalue weighted by atomic mass is 16.4. The molecule has 0 atom stereocenters. The molecule has 1 rings (SSSR count). The number of aromatic nitrogens is 1. The van der Waals surface area contributed by atoms with Crippen molar-refractivity contribution in [1.82, 2.24) is 4.98 Å². The third kappa shape index (κ3) is 1.44. The molecule has 12 heavy (non-hydrogen) atoms. The van der Waals surface area contributed by atoms with Gasteiger partial charge >= 0.3 is 0 Å². The van der Waals surface area contributed by atoms with Gasteiger partial charge in [0, 0.05) is 18.0 Å². The Balaban J connectivity index is 3.31. The fourth-order valence-corrected chi connectivity index (χ4v) is 1.32. The largest absolute Gasteiger partial charge is 0.411 e. The van der Waals surface area contributed by atoms with E-state index in [1.165, 1.54) is 0 Å². The molecule has 0 spiro atoms. The van der Waals surface area contributed by atoms with Crippen LogP contribution in [0.25, 0.3) is 0 Å². The van der Waals surface area contributed by atoms with Crippen molar-refractivity contribution in [2.24, 2.45) is 5.16 Å². The predicted octanol–water partition coefficient (Wildman–Crippen LogP) is 1.90. The molecule has 1 aromatic rings. The van der Waals surface area contributed by atoms with Crippen LogP contribution < -0.4 is 0 Å². The Morgan fingerprint density at radius 3 is 2.25 bits per heavy atom. The first-order chi connectivity index (χ1) is 5.66. The SMILES string of the molecule is C/C(=N\O)c1c(C)cncc1C. The predicted molar refractivity (Wildman–Crippen MR) is 47.7 cm³/mol. The summed E-state index contributed by atoms with van der Waals surface area (Å²) in [4.78, 5) is 4.02. The lowest BCUT2D eigenvalue weighted by atomic mass is 10.0. The van der Waals surface area contributed by atoms with Gasteiger partial charge in [0.2, 0.25) is 0 Å². The van der Waals surface area contributed by atoms with Gasteiger partial charge in [-0.15, -0.1) is 0 Å². The van der Waals surface area contributed by atoms with Crippen LogP contribution in [-0.4, -0.2) is 15.9 Å². The summed E-state index contributed by atoms with van der Waals surface area (Å²) in [5.41, 5.74) is 3.68. The zero-order valence-electron chi connectivity index (χ0n) is 7.50. The number of aryl methyl sites for hydroxylation is 2. The van der Waals surface area contributed by atoms with E-state index in [1.807, 2.05) is 13.8 Å². The number of nitrogens with zero attached hydrogens (tertiary/aromatic N) is 2. The Kier molecular flexibility index (Phi) is 2.43. The Morgan fingerprint density at radius 1 is 1.33 bits per heavy atom. The van der Waals surface area contributed by atoms with E-state index in [9.17, 15) is 0 Å². The van der Waals surface area contributed by atoms with Crippen molar-refractivity contribution in [3.05, 3.63) is 29.1 Å². The van der Waals surface area contributed by atoms with E-state index >= 15 is 0 Å². The highest BCUT2D eigenvalue weighted by molar-refractivity contribution is 6.00. The fourth-order valence-electron chi connectivity index (χ4n) is 1.32. The summed E-state index contributed by atoms with van der Waals surface area (Å²) < 4.78 is 0. The molecule has 0 radical (unpaired) electrons. The minimum atomic E-state index is 0.632. The summed E-state index contributed by atoms with van der Waals surface area (Å²) in [5.74, 6) is 0. The molecule has 0 saturated carbocycles. The molecule has 3 nitrogen and oxygen atoms in total. The number of pyridine rings is 1. The molecule has 0 aromatic carbocycles. The van der Waals surface area contributed by atoms with Gasteiger partial charge in [-0.1, -0.05) is 5.16 Å². The standard InChI is InChI=1S/C9H12N2O/c1-6-4-10-5-7(2)9(6)8(3)11-12/h4-5,12H,1-3H3/b11-8+. The van der Waals surface area contributed by atoms with Gasteiger partial charge < -0.3 is 5.21 Å². The Morgan fingerprint density at radius 2 is 1.83 bits per heavy atom. The van der Waals surface area contributed by atoms with E-state index in [1.54, 1.807) is 19.3 Å². The second-order valence-corrected chi connectivity index (χ2v) is 2.83. The smallest absolute Gasteiger partial charge is 0.0843 e. The van der Waals surface area contributed by atoms with E-state index in [0.29, 0.717) is 5.71 Å². The molecular weight excluding hydrogens is 152 g/mol. The van der Waals surface area contributed by atoms with Gasteiger partial charge in [-0.2, -0.15) is 0 Å². The average Bonchev–Trinajstić information content (AvgIpc) is 2.03. The van der Waals surface area contributed by atoms with Gasteiger partial charge in [0.25, 0.3) is 0 Å². The van der Waals surface area contributed by atoms with E-state index in [-0.39, 0.29) is 0 Å². The molecule has 0 fully saturated rings. The number of oxime groups is 1. The number of hydrogen-bond acceptors (Lipinski definition) is 3. The monoisotopic (exact) mass is 164 g/mol. The molecule has 0 saturated heterocycles. The lowest BCUT2D eigenvalue weighted by molar-refractivity contribution is 0.319. The van der Waals surface area contributed by atoms with Crippen LogP contribution in [0.2, 0.25) is 0 Å². The van der Waals surface area contributed by atoms with Crippen LogP contribution in [0.5, 0.6) is 0 Å². The molecule has 0 aliphatic heterocycles. The third-order valence-corrected chi connectivity index (χ3v) is 1.84. The van der Waals surface area contributed by atoms with Gasteiger partial charge in [0.1, 0.15) is 0 Å². The quantitative estimate of drug-likeness (QED) is 0.391. The van der Waals surface area contributed by atoms with Crippen molar-refractivity contribution < 1.29 is 5.21 Å². The van der Waals surface area contributed by atoms with Crippen molar-refractivity contribution >= 4 is 5.71 Å². The number of rotatable bonds is 1. The first-order valence-corrected chi connectivity index (χ1v) is 3.77. The normalized spacial score (nSPS) is 11.8. The molecular formula is C9H12N2O. The summed E-state index contributed by atoms with van der Waals surface area (Å²) in [6, 6.07) is 0. The summed E-state index contributed by atoms with van der Waals surface area (Å²) in [7, 11) is 0. The molecule has 0 aliphatic rings. The fraction of sp³-hybridized carbons (Fsp3) is 0.333. The second kappa shape index (κ2) is 3.34. The first-order valence-electron chi connectivity index (χ1n) is 3.77. The maximum atomic E-state index is 8.60. The van der Waals surface area contributed by atoms with Crippen molar-refractivity contribution in [2.75, 3.05) is 0 Å². The second-order valence-electron chi connectivity index (χ2n) is 2.83. The van der Waals surface area contributed by atoms with E-state index < -0.39 is 0 Å². The van der Waals surface area contributed by atoms with Crippen molar-refractivity contribution in [1.29, 1.82) is 0 Å². The molecule has 0 unspecified atom stereocenters. The zero-order chi connectivity index (χ0) is 9.14. The summed E-state index contributed by atoms with van der Waals surface area (Å²) >= 11 is 0. The molecule has 64 valence electrons. The third-order valence-electron chi connectivity index (χ3n) is 1.84. The number of hydrogen-bond donors (Lipinski definition) is 1. The van der Waals surface area contributed by atoms with E-state index in [4.69, 9.17) is 5.21 Å². The van der Waals surface area contributed by atoms with Gasteiger partial charge in [-0.05, 0) is 31.9 Å². The van der Waals surface area contributed by atoms with E-state index in [0.717, 1.165) is 16.7 Å². The molecule has 0 bridgehead atoms. The minimum absolute atomic E-state index is 0.632. The maximum Gasteiger partial charge on any atom is 0.0843 e. The first kappa shape index (κ1) is 8.71. The highest BCUT2D eigenvalue weighted by Gasteiger charge is 2.05. The molecule has 3 heteroatoms. The summed E-state index contributed by atoms with van der Waals surface area (Å²) in [5, 5.41) is 11.8. The van der Waals surface area contributed by atoms with E-state index in [2.05, 4.69) is 10.1 Å². The van der Waals surface area contributed by atoms with Crippen molar-refractivity contribution in [3.8, 4) is 0 Å².